The minimum atomic E-state index is -1.18. The predicted molar refractivity (Wildman–Crippen MR) is 69.3 cm³/mol. The molecule has 0 aliphatic rings. The van der Waals surface area contributed by atoms with E-state index in [1.807, 2.05) is 13.8 Å². The molecule has 1 rings (SSSR count). The van der Waals surface area contributed by atoms with Gasteiger partial charge in [0.1, 0.15) is 0 Å². The Hall–Kier alpha value is -2.11. The SMILES string of the molecule is CCC(C)NC(=O)COc1ccc(C)nc1C(=O)O. The molecule has 0 radical (unpaired) electrons. The van der Waals surface area contributed by atoms with Crippen molar-refractivity contribution in [2.75, 3.05) is 6.61 Å². The van der Waals surface area contributed by atoms with Crippen molar-refractivity contribution in [3.05, 3.63) is 23.5 Å². The number of aryl methyl sites for hydroxylation is 1. The molecule has 0 aliphatic carbocycles. The van der Waals surface area contributed by atoms with Crippen molar-refractivity contribution in [3.8, 4) is 5.75 Å². The van der Waals surface area contributed by atoms with E-state index >= 15 is 0 Å². The molecule has 0 aliphatic heterocycles. The highest BCUT2D eigenvalue weighted by molar-refractivity contribution is 5.88. The third-order valence-electron chi connectivity index (χ3n) is 2.58. The van der Waals surface area contributed by atoms with Gasteiger partial charge in [-0.15, -0.1) is 0 Å². The van der Waals surface area contributed by atoms with E-state index < -0.39 is 5.97 Å². The topological polar surface area (TPSA) is 88.5 Å². The Morgan fingerprint density at radius 1 is 1.47 bits per heavy atom. The lowest BCUT2D eigenvalue weighted by atomic mass is 10.2. The van der Waals surface area contributed by atoms with Crippen molar-refractivity contribution in [1.82, 2.24) is 10.3 Å². The summed E-state index contributed by atoms with van der Waals surface area (Å²) in [5, 5.41) is 11.7. The zero-order valence-electron chi connectivity index (χ0n) is 11.3. The summed E-state index contributed by atoms with van der Waals surface area (Å²) in [5.74, 6) is -1.37. The van der Waals surface area contributed by atoms with Gasteiger partial charge < -0.3 is 15.2 Å². The van der Waals surface area contributed by atoms with Crippen molar-refractivity contribution in [2.24, 2.45) is 0 Å². The molecule has 0 bridgehead atoms. The fourth-order valence-corrected chi connectivity index (χ4v) is 1.38. The lowest BCUT2D eigenvalue weighted by Crippen LogP contribution is -2.35. The van der Waals surface area contributed by atoms with Gasteiger partial charge in [-0.3, -0.25) is 4.79 Å². The van der Waals surface area contributed by atoms with E-state index in [1.165, 1.54) is 6.07 Å². The molecule has 1 amide bonds. The average molecular weight is 266 g/mol. The number of amides is 1. The summed E-state index contributed by atoms with van der Waals surface area (Å²) in [6.07, 6.45) is 0.818. The van der Waals surface area contributed by atoms with E-state index in [0.29, 0.717) is 5.69 Å². The zero-order chi connectivity index (χ0) is 14.4. The van der Waals surface area contributed by atoms with Crippen LogP contribution in [0, 0.1) is 6.92 Å². The van der Waals surface area contributed by atoms with Crippen LogP contribution in [0.2, 0.25) is 0 Å². The van der Waals surface area contributed by atoms with Crippen molar-refractivity contribution in [3.63, 3.8) is 0 Å². The second kappa shape index (κ2) is 6.72. The van der Waals surface area contributed by atoms with Gasteiger partial charge in [-0.05, 0) is 32.4 Å². The first kappa shape index (κ1) is 14.9. The summed E-state index contributed by atoms with van der Waals surface area (Å²) < 4.78 is 5.21. The molecule has 1 atom stereocenters. The number of aromatic nitrogens is 1. The summed E-state index contributed by atoms with van der Waals surface area (Å²) in [5.41, 5.74) is 0.394. The Labute approximate surface area is 111 Å². The van der Waals surface area contributed by atoms with Crippen LogP contribution in [0.4, 0.5) is 0 Å². The Kier molecular flexibility index (Phi) is 5.29. The third kappa shape index (κ3) is 4.57. The number of carbonyl (C=O) groups is 2. The third-order valence-corrected chi connectivity index (χ3v) is 2.58. The van der Waals surface area contributed by atoms with Crippen LogP contribution in [-0.4, -0.2) is 34.6 Å². The number of rotatable bonds is 6. The number of nitrogens with one attached hydrogen (secondary N) is 1. The second-order valence-electron chi connectivity index (χ2n) is 4.27. The number of carbonyl (C=O) groups excluding carboxylic acids is 1. The molecule has 0 fully saturated rings. The summed E-state index contributed by atoms with van der Waals surface area (Å²) in [6.45, 7) is 5.30. The van der Waals surface area contributed by atoms with Crippen LogP contribution in [0.1, 0.15) is 36.5 Å². The average Bonchev–Trinajstić information content (AvgIpc) is 2.36. The summed E-state index contributed by atoms with van der Waals surface area (Å²) in [7, 11) is 0. The van der Waals surface area contributed by atoms with Crippen LogP contribution in [-0.2, 0) is 4.79 Å². The maximum atomic E-state index is 11.5. The lowest BCUT2D eigenvalue weighted by molar-refractivity contribution is -0.123. The van der Waals surface area contributed by atoms with Gasteiger partial charge in [0.05, 0.1) is 0 Å². The number of aromatic carboxylic acids is 1. The predicted octanol–water partition coefficient (Wildman–Crippen LogP) is 1.38. The van der Waals surface area contributed by atoms with Gasteiger partial charge in [0.25, 0.3) is 5.91 Å². The highest BCUT2D eigenvalue weighted by atomic mass is 16.5. The molecule has 0 aromatic carbocycles. The van der Waals surface area contributed by atoms with Crippen LogP contribution < -0.4 is 10.1 Å². The Bertz CT molecular complexity index is 474. The first-order valence-electron chi connectivity index (χ1n) is 6.07. The van der Waals surface area contributed by atoms with E-state index in [4.69, 9.17) is 9.84 Å². The molecule has 6 heteroatoms. The molecule has 1 aromatic heterocycles. The first-order chi connectivity index (χ1) is 8.93. The van der Waals surface area contributed by atoms with Crippen molar-refractivity contribution in [1.29, 1.82) is 0 Å². The van der Waals surface area contributed by atoms with E-state index in [9.17, 15) is 9.59 Å². The summed E-state index contributed by atoms with van der Waals surface area (Å²) in [6, 6.07) is 3.20. The number of hydrogen-bond donors (Lipinski definition) is 2. The van der Waals surface area contributed by atoms with E-state index in [1.54, 1.807) is 13.0 Å². The van der Waals surface area contributed by atoms with Gasteiger partial charge in [0.2, 0.25) is 0 Å². The van der Waals surface area contributed by atoms with Crippen LogP contribution in [0.15, 0.2) is 12.1 Å². The standard InChI is InChI=1S/C13H18N2O4/c1-4-8(2)14-11(16)7-19-10-6-5-9(3)15-12(10)13(17)18/h5-6,8H,4,7H2,1-3H3,(H,14,16)(H,17,18). The van der Waals surface area contributed by atoms with Crippen molar-refractivity contribution in [2.45, 2.75) is 33.2 Å². The molecule has 2 N–H and O–H groups in total. The normalized spacial score (nSPS) is 11.7. The van der Waals surface area contributed by atoms with E-state index in [0.717, 1.165) is 6.42 Å². The van der Waals surface area contributed by atoms with Crippen LogP contribution in [0.5, 0.6) is 5.75 Å². The van der Waals surface area contributed by atoms with Crippen LogP contribution in [0.3, 0.4) is 0 Å². The fraction of sp³-hybridized carbons (Fsp3) is 0.462. The Morgan fingerprint density at radius 2 is 2.16 bits per heavy atom. The van der Waals surface area contributed by atoms with Gasteiger partial charge in [-0.2, -0.15) is 0 Å². The maximum absolute atomic E-state index is 11.5. The van der Waals surface area contributed by atoms with Crippen LogP contribution in [0.25, 0.3) is 0 Å². The summed E-state index contributed by atoms with van der Waals surface area (Å²) in [4.78, 5) is 26.4. The number of pyridine rings is 1. The van der Waals surface area contributed by atoms with Crippen molar-refractivity contribution < 1.29 is 19.4 Å². The fourth-order valence-electron chi connectivity index (χ4n) is 1.38. The molecular weight excluding hydrogens is 248 g/mol. The zero-order valence-corrected chi connectivity index (χ0v) is 11.3. The smallest absolute Gasteiger partial charge is 0.358 e. The molecule has 1 aromatic rings. The largest absolute Gasteiger partial charge is 0.481 e. The van der Waals surface area contributed by atoms with Gasteiger partial charge in [0, 0.05) is 11.7 Å². The number of hydrogen-bond acceptors (Lipinski definition) is 4. The number of carboxylic acid groups (broad SMARTS) is 1. The highest BCUT2D eigenvalue weighted by Gasteiger charge is 2.15. The molecule has 0 saturated heterocycles. The number of nitrogens with zero attached hydrogens (tertiary/aromatic N) is 1. The first-order valence-corrected chi connectivity index (χ1v) is 6.07. The second-order valence-corrected chi connectivity index (χ2v) is 4.27. The van der Waals surface area contributed by atoms with Gasteiger partial charge >= 0.3 is 5.97 Å². The number of carboxylic acids is 1. The molecule has 104 valence electrons. The lowest BCUT2D eigenvalue weighted by Gasteiger charge is -2.12. The molecule has 0 saturated carbocycles. The Morgan fingerprint density at radius 3 is 2.74 bits per heavy atom. The van der Waals surface area contributed by atoms with E-state index in [-0.39, 0.29) is 30.0 Å². The quantitative estimate of drug-likeness (QED) is 0.812. The molecule has 1 unspecified atom stereocenters. The molecule has 19 heavy (non-hydrogen) atoms. The monoisotopic (exact) mass is 266 g/mol. The van der Waals surface area contributed by atoms with E-state index in [2.05, 4.69) is 10.3 Å². The Balaban J connectivity index is 2.67. The van der Waals surface area contributed by atoms with Crippen molar-refractivity contribution >= 4 is 11.9 Å². The summed E-state index contributed by atoms with van der Waals surface area (Å²) >= 11 is 0. The van der Waals surface area contributed by atoms with Crippen LogP contribution >= 0.6 is 0 Å². The number of ether oxygens (including phenoxy) is 1. The molecule has 6 nitrogen and oxygen atoms in total. The minimum absolute atomic E-state index is 0.0613. The van der Waals surface area contributed by atoms with Gasteiger partial charge in [-0.25, -0.2) is 9.78 Å². The minimum Gasteiger partial charge on any atom is -0.481 e. The molecule has 0 spiro atoms. The maximum Gasteiger partial charge on any atom is 0.358 e. The highest BCUT2D eigenvalue weighted by Crippen LogP contribution is 2.16. The van der Waals surface area contributed by atoms with Gasteiger partial charge in [0.15, 0.2) is 18.1 Å². The molecule has 1 heterocycles. The molecular formula is C13H18N2O4. The van der Waals surface area contributed by atoms with Gasteiger partial charge in [-0.1, -0.05) is 6.92 Å².